The van der Waals surface area contributed by atoms with Crippen LogP contribution < -0.4 is 5.32 Å². The highest BCUT2D eigenvalue weighted by molar-refractivity contribution is 6.21. The molecule has 0 spiro atoms. The second-order valence-corrected chi connectivity index (χ2v) is 6.98. The molecular formula is C21H23N3O3. The minimum Gasteiger partial charge on any atom is -0.325 e. The monoisotopic (exact) mass is 365 g/mol. The molecule has 0 bridgehead atoms. The predicted octanol–water partition coefficient (Wildman–Crippen LogP) is 2.85. The molecular weight excluding hydrogens is 342 g/mol. The third kappa shape index (κ3) is 3.75. The number of hydrogen-bond acceptors (Lipinski definition) is 4. The summed E-state index contributed by atoms with van der Waals surface area (Å²) in [5.74, 6) is -0.850. The summed E-state index contributed by atoms with van der Waals surface area (Å²) in [6, 6.07) is 13.1. The van der Waals surface area contributed by atoms with Crippen LogP contribution in [0.25, 0.3) is 0 Å². The van der Waals surface area contributed by atoms with Crippen molar-refractivity contribution in [2.24, 2.45) is 0 Å². The lowest BCUT2D eigenvalue weighted by molar-refractivity contribution is -0.117. The molecule has 1 aliphatic rings. The maximum absolute atomic E-state index is 12.4. The lowest BCUT2D eigenvalue weighted by Crippen LogP contribution is -2.32. The van der Waals surface area contributed by atoms with Crippen molar-refractivity contribution in [3.63, 3.8) is 0 Å². The van der Waals surface area contributed by atoms with Crippen LogP contribution in [0.3, 0.4) is 0 Å². The van der Waals surface area contributed by atoms with Gasteiger partial charge in [0.15, 0.2) is 0 Å². The van der Waals surface area contributed by atoms with Crippen LogP contribution in [0.5, 0.6) is 0 Å². The first-order valence-electron chi connectivity index (χ1n) is 8.81. The fraction of sp³-hybridized carbons (Fsp3) is 0.286. The summed E-state index contributed by atoms with van der Waals surface area (Å²) in [6.45, 7) is 4.30. The van der Waals surface area contributed by atoms with Crippen LogP contribution in [0.15, 0.2) is 42.5 Å². The number of nitrogens with zero attached hydrogens (tertiary/aromatic N) is 2. The Morgan fingerprint density at radius 2 is 1.70 bits per heavy atom. The van der Waals surface area contributed by atoms with E-state index < -0.39 is 0 Å². The zero-order valence-electron chi connectivity index (χ0n) is 15.9. The van der Waals surface area contributed by atoms with Gasteiger partial charge in [0.2, 0.25) is 5.91 Å². The van der Waals surface area contributed by atoms with Crippen molar-refractivity contribution in [2.75, 3.05) is 26.0 Å². The molecule has 1 atom stereocenters. The van der Waals surface area contributed by atoms with Crippen molar-refractivity contribution >= 4 is 23.4 Å². The van der Waals surface area contributed by atoms with Gasteiger partial charge in [-0.3, -0.25) is 24.2 Å². The molecule has 6 heteroatoms. The summed E-state index contributed by atoms with van der Waals surface area (Å²) in [7, 11) is 3.34. The standard InChI is InChI=1S/C21H23N3O3/c1-13-5-7-15(8-6-13)14(2)23(3)12-19(25)22-16-9-10-17-18(11-16)21(27)24(4)20(17)26/h5-11,14H,12H2,1-4H3,(H,22,25)/t14-/m1/s1. The molecule has 1 aliphatic heterocycles. The topological polar surface area (TPSA) is 69.7 Å². The van der Waals surface area contributed by atoms with Crippen LogP contribution in [0.1, 0.15) is 44.8 Å². The first-order chi connectivity index (χ1) is 12.8. The largest absolute Gasteiger partial charge is 0.325 e. The van der Waals surface area contributed by atoms with E-state index >= 15 is 0 Å². The van der Waals surface area contributed by atoms with Crippen molar-refractivity contribution < 1.29 is 14.4 Å². The van der Waals surface area contributed by atoms with Gasteiger partial charge in [0.25, 0.3) is 11.8 Å². The Morgan fingerprint density at radius 3 is 2.37 bits per heavy atom. The van der Waals surface area contributed by atoms with E-state index in [1.165, 1.54) is 12.6 Å². The van der Waals surface area contributed by atoms with E-state index in [0.717, 1.165) is 10.5 Å². The number of carbonyl (C=O) groups is 3. The van der Waals surface area contributed by atoms with E-state index in [1.807, 2.05) is 25.8 Å². The van der Waals surface area contributed by atoms with Gasteiger partial charge in [0.05, 0.1) is 17.7 Å². The summed E-state index contributed by atoms with van der Waals surface area (Å²) >= 11 is 0. The number of anilines is 1. The number of amides is 3. The minimum absolute atomic E-state index is 0.0872. The Balaban J connectivity index is 1.65. The average Bonchev–Trinajstić information content (AvgIpc) is 2.85. The van der Waals surface area contributed by atoms with Gasteiger partial charge in [-0.2, -0.15) is 0 Å². The number of fused-ring (bicyclic) bond motifs is 1. The highest BCUT2D eigenvalue weighted by Gasteiger charge is 2.32. The first kappa shape index (κ1) is 18.8. The lowest BCUT2D eigenvalue weighted by Gasteiger charge is -2.24. The predicted molar refractivity (Wildman–Crippen MR) is 104 cm³/mol. The van der Waals surface area contributed by atoms with Gasteiger partial charge in [0, 0.05) is 18.8 Å². The van der Waals surface area contributed by atoms with E-state index in [9.17, 15) is 14.4 Å². The molecule has 2 aromatic carbocycles. The van der Waals surface area contributed by atoms with Crippen molar-refractivity contribution in [1.82, 2.24) is 9.80 Å². The van der Waals surface area contributed by atoms with Gasteiger partial charge in [-0.15, -0.1) is 0 Å². The van der Waals surface area contributed by atoms with E-state index in [1.54, 1.807) is 18.2 Å². The third-order valence-electron chi connectivity index (χ3n) is 4.99. The zero-order chi connectivity index (χ0) is 19.7. The second kappa shape index (κ2) is 7.32. The fourth-order valence-electron chi connectivity index (χ4n) is 3.10. The molecule has 0 saturated heterocycles. The van der Waals surface area contributed by atoms with E-state index in [-0.39, 0.29) is 30.3 Å². The molecule has 140 valence electrons. The van der Waals surface area contributed by atoms with E-state index in [0.29, 0.717) is 16.8 Å². The molecule has 0 radical (unpaired) electrons. The number of benzene rings is 2. The van der Waals surface area contributed by atoms with Crippen LogP contribution in [0.4, 0.5) is 5.69 Å². The van der Waals surface area contributed by atoms with Gasteiger partial charge in [-0.05, 0) is 44.7 Å². The number of rotatable bonds is 5. The molecule has 3 rings (SSSR count). The Bertz CT molecular complexity index is 905. The molecule has 3 amide bonds. The number of likely N-dealkylation sites (N-methyl/N-ethyl adjacent to an activating group) is 1. The van der Waals surface area contributed by atoms with Crippen molar-refractivity contribution in [3.05, 3.63) is 64.7 Å². The second-order valence-electron chi connectivity index (χ2n) is 6.98. The van der Waals surface area contributed by atoms with Gasteiger partial charge in [-0.1, -0.05) is 29.8 Å². The molecule has 1 heterocycles. The number of hydrogen-bond donors (Lipinski definition) is 1. The van der Waals surface area contributed by atoms with Crippen LogP contribution in [-0.4, -0.2) is 48.2 Å². The molecule has 0 aromatic heterocycles. The third-order valence-corrected chi connectivity index (χ3v) is 4.99. The molecule has 0 aliphatic carbocycles. The first-order valence-corrected chi connectivity index (χ1v) is 8.81. The summed E-state index contributed by atoms with van der Waals surface area (Å²) in [6.07, 6.45) is 0. The smallest absolute Gasteiger partial charge is 0.261 e. The minimum atomic E-state index is -0.351. The SMILES string of the molecule is Cc1ccc([C@@H](C)N(C)CC(=O)Nc2ccc3c(c2)C(=O)N(C)C3=O)cc1. The van der Waals surface area contributed by atoms with Gasteiger partial charge in [0.1, 0.15) is 0 Å². The van der Waals surface area contributed by atoms with Gasteiger partial charge in [-0.25, -0.2) is 0 Å². The number of nitrogens with one attached hydrogen (secondary N) is 1. The highest BCUT2D eigenvalue weighted by atomic mass is 16.2. The Hall–Kier alpha value is -2.99. The summed E-state index contributed by atoms with van der Waals surface area (Å²) < 4.78 is 0. The van der Waals surface area contributed by atoms with Crippen LogP contribution in [0.2, 0.25) is 0 Å². The molecule has 6 nitrogen and oxygen atoms in total. The maximum atomic E-state index is 12.4. The normalized spacial score (nSPS) is 14.5. The van der Waals surface area contributed by atoms with Crippen LogP contribution >= 0.6 is 0 Å². The Morgan fingerprint density at radius 1 is 1.07 bits per heavy atom. The maximum Gasteiger partial charge on any atom is 0.261 e. The molecule has 0 saturated carbocycles. The fourth-order valence-corrected chi connectivity index (χ4v) is 3.10. The summed E-state index contributed by atoms with van der Waals surface area (Å²) in [5.41, 5.74) is 3.53. The number of imide groups is 1. The van der Waals surface area contributed by atoms with Crippen molar-refractivity contribution in [3.8, 4) is 0 Å². The Kier molecular flexibility index (Phi) is 5.10. The van der Waals surface area contributed by atoms with E-state index in [4.69, 9.17) is 0 Å². The molecule has 0 fully saturated rings. The average molecular weight is 365 g/mol. The summed E-state index contributed by atoms with van der Waals surface area (Å²) in [4.78, 5) is 39.4. The molecule has 2 aromatic rings. The quantitative estimate of drug-likeness (QED) is 0.827. The van der Waals surface area contributed by atoms with Gasteiger partial charge >= 0.3 is 0 Å². The van der Waals surface area contributed by atoms with E-state index in [2.05, 4.69) is 29.6 Å². The van der Waals surface area contributed by atoms with Crippen molar-refractivity contribution in [2.45, 2.75) is 19.9 Å². The molecule has 1 N–H and O–H groups in total. The Labute approximate surface area is 158 Å². The number of aryl methyl sites for hydroxylation is 1. The van der Waals surface area contributed by atoms with Crippen LogP contribution in [0, 0.1) is 6.92 Å². The molecule has 0 unspecified atom stereocenters. The van der Waals surface area contributed by atoms with Crippen LogP contribution in [-0.2, 0) is 4.79 Å². The van der Waals surface area contributed by atoms with Gasteiger partial charge < -0.3 is 5.32 Å². The summed E-state index contributed by atoms with van der Waals surface area (Å²) in [5, 5.41) is 2.81. The zero-order valence-corrected chi connectivity index (χ0v) is 15.9. The highest BCUT2D eigenvalue weighted by Crippen LogP contribution is 2.25. The molecule has 27 heavy (non-hydrogen) atoms. The van der Waals surface area contributed by atoms with Crippen molar-refractivity contribution in [1.29, 1.82) is 0 Å². The lowest BCUT2D eigenvalue weighted by atomic mass is 10.1. The number of carbonyl (C=O) groups excluding carboxylic acids is 3.